The monoisotopic (exact) mass is 343 g/mol. The number of hydrogen-bond donors (Lipinski definition) is 1. The fourth-order valence-corrected chi connectivity index (χ4v) is 2.85. The number of aryl methyl sites for hydroxylation is 1. The SMILES string of the molecule is COc1ccccc1[C@@H](NCc1noc(C)n1)c1ccccc1Cl. The van der Waals surface area contributed by atoms with Gasteiger partial charge >= 0.3 is 0 Å². The maximum atomic E-state index is 6.42. The zero-order chi connectivity index (χ0) is 16.9. The minimum absolute atomic E-state index is 0.159. The topological polar surface area (TPSA) is 60.2 Å². The number of nitrogens with zero attached hydrogens (tertiary/aromatic N) is 2. The summed E-state index contributed by atoms with van der Waals surface area (Å²) >= 11 is 6.42. The Labute approximate surface area is 145 Å². The summed E-state index contributed by atoms with van der Waals surface area (Å²) in [5.74, 6) is 1.93. The fourth-order valence-electron chi connectivity index (χ4n) is 2.61. The zero-order valence-electron chi connectivity index (χ0n) is 13.5. The molecule has 0 bridgehead atoms. The van der Waals surface area contributed by atoms with Crippen molar-refractivity contribution in [1.29, 1.82) is 0 Å². The number of nitrogens with one attached hydrogen (secondary N) is 1. The molecule has 6 heteroatoms. The summed E-state index contributed by atoms with van der Waals surface area (Å²) in [7, 11) is 1.66. The van der Waals surface area contributed by atoms with Gasteiger partial charge in [0.1, 0.15) is 5.75 Å². The Morgan fingerprint density at radius 1 is 1.12 bits per heavy atom. The number of methoxy groups -OCH3 is 1. The van der Waals surface area contributed by atoms with Crippen molar-refractivity contribution in [3.63, 3.8) is 0 Å². The van der Waals surface area contributed by atoms with Crippen molar-refractivity contribution in [1.82, 2.24) is 15.5 Å². The second kappa shape index (κ2) is 7.47. The van der Waals surface area contributed by atoms with Gasteiger partial charge in [-0.25, -0.2) is 0 Å². The Morgan fingerprint density at radius 2 is 1.83 bits per heavy atom. The smallest absolute Gasteiger partial charge is 0.223 e. The van der Waals surface area contributed by atoms with Crippen LogP contribution in [-0.2, 0) is 6.54 Å². The number of ether oxygens (including phenoxy) is 1. The van der Waals surface area contributed by atoms with Gasteiger partial charge in [0.25, 0.3) is 0 Å². The minimum atomic E-state index is -0.159. The second-order valence-electron chi connectivity index (χ2n) is 5.31. The third kappa shape index (κ3) is 3.58. The van der Waals surface area contributed by atoms with Crippen LogP contribution in [-0.4, -0.2) is 17.3 Å². The van der Waals surface area contributed by atoms with Crippen LogP contribution in [0.3, 0.4) is 0 Å². The molecule has 1 aromatic heterocycles. The fraction of sp³-hybridized carbons (Fsp3) is 0.222. The standard InChI is InChI=1S/C18H18ClN3O2/c1-12-21-17(22-24-12)11-20-18(13-7-3-5-9-15(13)19)14-8-4-6-10-16(14)23-2/h3-10,18,20H,11H2,1-2H3/t18-/m0/s1. The molecule has 0 aliphatic heterocycles. The molecule has 1 N–H and O–H groups in total. The van der Waals surface area contributed by atoms with E-state index in [1.165, 1.54) is 0 Å². The minimum Gasteiger partial charge on any atom is -0.496 e. The Balaban J connectivity index is 1.96. The molecule has 2 aromatic carbocycles. The van der Waals surface area contributed by atoms with E-state index in [1.54, 1.807) is 14.0 Å². The zero-order valence-corrected chi connectivity index (χ0v) is 14.2. The van der Waals surface area contributed by atoms with Gasteiger partial charge in [-0.2, -0.15) is 4.98 Å². The molecule has 0 amide bonds. The van der Waals surface area contributed by atoms with Gasteiger partial charge in [0.05, 0.1) is 19.7 Å². The molecule has 3 aromatic rings. The van der Waals surface area contributed by atoms with Gasteiger partial charge in [0, 0.05) is 17.5 Å². The summed E-state index contributed by atoms with van der Waals surface area (Å²) in [5, 5.41) is 8.06. The summed E-state index contributed by atoms with van der Waals surface area (Å²) in [4.78, 5) is 4.23. The van der Waals surface area contributed by atoms with Crippen LogP contribution in [0.5, 0.6) is 5.75 Å². The highest BCUT2D eigenvalue weighted by molar-refractivity contribution is 6.31. The van der Waals surface area contributed by atoms with Crippen molar-refractivity contribution in [3.05, 3.63) is 76.4 Å². The molecule has 24 heavy (non-hydrogen) atoms. The van der Waals surface area contributed by atoms with Crippen LogP contribution >= 0.6 is 11.6 Å². The van der Waals surface area contributed by atoms with Crippen molar-refractivity contribution in [2.75, 3.05) is 7.11 Å². The predicted octanol–water partition coefficient (Wildman–Crippen LogP) is 3.92. The van der Waals surface area contributed by atoms with Gasteiger partial charge < -0.3 is 9.26 Å². The molecule has 3 rings (SSSR count). The van der Waals surface area contributed by atoms with E-state index in [1.807, 2.05) is 48.5 Å². The quantitative estimate of drug-likeness (QED) is 0.735. The van der Waals surface area contributed by atoms with Crippen LogP contribution in [0.25, 0.3) is 0 Å². The largest absolute Gasteiger partial charge is 0.496 e. The molecule has 0 unspecified atom stereocenters. The van der Waals surface area contributed by atoms with E-state index in [0.717, 1.165) is 16.9 Å². The van der Waals surface area contributed by atoms with E-state index in [2.05, 4.69) is 15.5 Å². The number of para-hydroxylation sites is 1. The van der Waals surface area contributed by atoms with Crippen LogP contribution in [0.2, 0.25) is 5.02 Å². The maximum Gasteiger partial charge on any atom is 0.223 e. The van der Waals surface area contributed by atoms with Crippen LogP contribution < -0.4 is 10.1 Å². The van der Waals surface area contributed by atoms with E-state index >= 15 is 0 Å². The van der Waals surface area contributed by atoms with Crippen LogP contribution in [0.4, 0.5) is 0 Å². The van der Waals surface area contributed by atoms with Gasteiger partial charge in [0.2, 0.25) is 5.89 Å². The van der Waals surface area contributed by atoms with Gasteiger partial charge in [-0.3, -0.25) is 5.32 Å². The number of halogens is 1. The molecule has 0 saturated carbocycles. The first-order valence-electron chi connectivity index (χ1n) is 7.59. The number of benzene rings is 2. The van der Waals surface area contributed by atoms with Crippen molar-refractivity contribution < 1.29 is 9.26 Å². The first kappa shape index (κ1) is 16.5. The van der Waals surface area contributed by atoms with Gasteiger partial charge in [-0.15, -0.1) is 0 Å². The molecule has 0 saturated heterocycles. The number of rotatable bonds is 6. The van der Waals surface area contributed by atoms with Gasteiger partial charge in [-0.1, -0.05) is 53.2 Å². The summed E-state index contributed by atoms with van der Waals surface area (Å²) in [6.07, 6.45) is 0. The van der Waals surface area contributed by atoms with Gasteiger partial charge in [-0.05, 0) is 17.7 Å². The second-order valence-corrected chi connectivity index (χ2v) is 5.71. The summed E-state index contributed by atoms with van der Waals surface area (Å²) in [6, 6.07) is 15.4. The molecule has 124 valence electrons. The lowest BCUT2D eigenvalue weighted by Crippen LogP contribution is -2.23. The third-order valence-corrected chi connectivity index (χ3v) is 4.04. The molecule has 0 spiro atoms. The Bertz CT molecular complexity index is 819. The first-order valence-corrected chi connectivity index (χ1v) is 7.96. The maximum absolute atomic E-state index is 6.42. The molecular weight excluding hydrogens is 326 g/mol. The summed E-state index contributed by atoms with van der Waals surface area (Å²) in [5.41, 5.74) is 1.96. The van der Waals surface area contributed by atoms with Crippen LogP contribution in [0.15, 0.2) is 53.1 Å². The van der Waals surface area contributed by atoms with E-state index in [9.17, 15) is 0 Å². The molecule has 1 atom stereocenters. The lowest BCUT2D eigenvalue weighted by atomic mass is 9.97. The molecule has 0 aliphatic carbocycles. The molecule has 1 heterocycles. The lowest BCUT2D eigenvalue weighted by Gasteiger charge is -2.22. The van der Waals surface area contributed by atoms with Gasteiger partial charge in [0.15, 0.2) is 5.82 Å². The number of hydrogen-bond acceptors (Lipinski definition) is 5. The molecule has 0 radical (unpaired) electrons. The normalized spacial score (nSPS) is 12.1. The average molecular weight is 344 g/mol. The highest BCUT2D eigenvalue weighted by Gasteiger charge is 2.20. The van der Waals surface area contributed by atoms with Crippen molar-refractivity contribution >= 4 is 11.6 Å². The molecule has 0 aliphatic rings. The Kier molecular flexibility index (Phi) is 5.13. The van der Waals surface area contributed by atoms with Crippen molar-refractivity contribution in [3.8, 4) is 5.75 Å². The van der Waals surface area contributed by atoms with Crippen molar-refractivity contribution in [2.45, 2.75) is 19.5 Å². The first-order chi connectivity index (χ1) is 11.7. The molecular formula is C18H18ClN3O2. The lowest BCUT2D eigenvalue weighted by molar-refractivity contribution is 0.383. The average Bonchev–Trinajstić information content (AvgIpc) is 3.02. The summed E-state index contributed by atoms with van der Waals surface area (Å²) in [6.45, 7) is 2.22. The van der Waals surface area contributed by atoms with E-state index < -0.39 is 0 Å². The van der Waals surface area contributed by atoms with Crippen LogP contribution in [0.1, 0.15) is 28.9 Å². The third-order valence-electron chi connectivity index (χ3n) is 3.70. The van der Waals surface area contributed by atoms with E-state index in [0.29, 0.717) is 23.3 Å². The predicted molar refractivity (Wildman–Crippen MR) is 92.2 cm³/mol. The van der Waals surface area contributed by atoms with Crippen molar-refractivity contribution in [2.24, 2.45) is 0 Å². The van der Waals surface area contributed by atoms with Crippen LogP contribution in [0, 0.1) is 6.92 Å². The number of aromatic nitrogens is 2. The molecule has 5 nitrogen and oxygen atoms in total. The van der Waals surface area contributed by atoms with E-state index in [-0.39, 0.29) is 6.04 Å². The highest BCUT2D eigenvalue weighted by atomic mass is 35.5. The summed E-state index contributed by atoms with van der Waals surface area (Å²) < 4.78 is 10.5. The Hall–Kier alpha value is -2.37. The molecule has 0 fully saturated rings. The Morgan fingerprint density at radius 3 is 2.50 bits per heavy atom. The highest BCUT2D eigenvalue weighted by Crippen LogP contribution is 2.33. The van der Waals surface area contributed by atoms with E-state index in [4.69, 9.17) is 20.9 Å².